The van der Waals surface area contributed by atoms with Crippen LogP contribution in [0.15, 0.2) is 28.7 Å². The molecule has 2 aromatic rings. The average Bonchev–Trinajstić information content (AvgIpc) is 3.33. The van der Waals surface area contributed by atoms with Crippen molar-refractivity contribution < 1.29 is 28.6 Å². The Bertz CT molecular complexity index is 934. The minimum absolute atomic E-state index is 0.146. The van der Waals surface area contributed by atoms with E-state index < -0.39 is 24.3 Å². The summed E-state index contributed by atoms with van der Waals surface area (Å²) in [4.78, 5) is 32.3. The van der Waals surface area contributed by atoms with E-state index in [0.717, 1.165) is 32.1 Å². The van der Waals surface area contributed by atoms with Gasteiger partial charge in [-0.15, -0.1) is 0 Å². The number of nitrogens with zero attached hydrogens (tertiary/aromatic N) is 2. The minimum atomic E-state index is -1.14. The molecule has 2 aliphatic rings. The molecule has 2 heterocycles. The number of para-hydroxylation sites is 2. The smallest absolute Gasteiger partial charge is 0.408 e. The Hall–Kier alpha value is -2.65. The second kappa shape index (κ2) is 12.4. The number of amides is 2. The van der Waals surface area contributed by atoms with Crippen molar-refractivity contribution in [2.24, 2.45) is 5.92 Å². The minimum Gasteiger partial charge on any atom is -0.438 e. The Morgan fingerprint density at radius 1 is 1.20 bits per heavy atom. The highest BCUT2D eigenvalue weighted by molar-refractivity contribution is 5.83. The maximum atomic E-state index is 13.3. The number of nitrogens with one attached hydrogen (secondary N) is 1. The topological polar surface area (TPSA) is 114 Å². The van der Waals surface area contributed by atoms with Crippen molar-refractivity contribution in [1.29, 1.82) is 0 Å². The van der Waals surface area contributed by atoms with Gasteiger partial charge in [-0.3, -0.25) is 4.79 Å². The number of oxazole rings is 1. The highest BCUT2D eigenvalue weighted by atomic mass is 16.6. The first-order valence-corrected chi connectivity index (χ1v) is 12.9. The molecule has 1 saturated heterocycles. The lowest BCUT2D eigenvalue weighted by molar-refractivity contribution is -0.145. The molecular weight excluding hydrogens is 450 g/mol. The predicted molar refractivity (Wildman–Crippen MR) is 130 cm³/mol. The van der Waals surface area contributed by atoms with E-state index in [1.807, 2.05) is 19.1 Å². The molecule has 1 aliphatic carbocycles. The third kappa shape index (κ3) is 6.73. The number of hydrogen-bond donors (Lipinski definition) is 2. The van der Waals surface area contributed by atoms with Crippen LogP contribution in [0.1, 0.15) is 70.3 Å². The van der Waals surface area contributed by atoms with Crippen LogP contribution in [0.25, 0.3) is 11.1 Å². The number of aliphatic hydroxyl groups is 1. The number of ether oxygens (including phenoxy) is 2. The summed E-state index contributed by atoms with van der Waals surface area (Å²) in [6.45, 7) is 3.94. The van der Waals surface area contributed by atoms with Gasteiger partial charge < -0.3 is 29.2 Å². The monoisotopic (exact) mass is 487 g/mol. The number of aliphatic hydroxyl groups excluding tert-OH is 1. The SMILES string of the molecule is CCC[C@H](NC(=O)O[C@@H](CC1CCCCC1)C(=O)N1CCOCC1)C(O)c1nc2ccccc2o1. The van der Waals surface area contributed by atoms with Crippen LogP contribution in [0.4, 0.5) is 4.79 Å². The molecule has 9 nitrogen and oxygen atoms in total. The van der Waals surface area contributed by atoms with Crippen LogP contribution in [0, 0.1) is 5.92 Å². The van der Waals surface area contributed by atoms with Crippen molar-refractivity contribution >= 4 is 23.1 Å². The van der Waals surface area contributed by atoms with E-state index in [0.29, 0.717) is 56.2 Å². The summed E-state index contributed by atoms with van der Waals surface area (Å²) < 4.78 is 16.8. The van der Waals surface area contributed by atoms with Gasteiger partial charge in [-0.05, 0) is 30.9 Å². The molecule has 4 rings (SSSR count). The Balaban J connectivity index is 1.43. The highest BCUT2D eigenvalue weighted by Crippen LogP contribution is 2.29. The summed E-state index contributed by atoms with van der Waals surface area (Å²) in [5.74, 6) is 0.344. The Morgan fingerprint density at radius 3 is 2.66 bits per heavy atom. The fourth-order valence-corrected chi connectivity index (χ4v) is 5.04. The number of benzene rings is 1. The van der Waals surface area contributed by atoms with E-state index in [2.05, 4.69) is 10.3 Å². The Kier molecular flexibility index (Phi) is 8.98. The average molecular weight is 488 g/mol. The molecule has 0 radical (unpaired) electrons. The van der Waals surface area contributed by atoms with Crippen molar-refractivity contribution in [3.63, 3.8) is 0 Å². The Morgan fingerprint density at radius 2 is 1.94 bits per heavy atom. The molecular formula is C26H37N3O6. The van der Waals surface area contributed by atoms with Crippen LogP contribution < -0.4 is 5.32 Å². The van der Waals surface area contributed by atoms with E-state index in [4.69, 9.17) is 13.9 Å². The summed E-state index contributed by atoms with van der Waals surface area (Å²) in [5, 5.41) is 13.7. The number of alkyl carbamates (subject to hydrolysis) is 1. The van der Waals surface area contributed by atoms with Crippen molar-refractivity contribution in [3.8, 4) is 0 Å². The van der Waals surface area contributed by atoms with Gasteiger partial charge in [0, 0.05) is 13.1 Å². The van der Waals surface area contributed by atoms with E-state index >= 15 is 0 Å². The lowest BCUT2D eigenvalue weighted by atomic mass is 9.85. The van der Waals surface area contributed by atoms with Crippen molar-refractivity contribution in [2.75, 3.05) is 26.3 Å². The molecule has 3 atom stereocenters. The summed E-state index contributed by atoms with van der Waals surface area (Å²) >= 11 is 0. The normalized spacial score (nSPS) is 19.8. The fraction of sp³-hybridized carbons (Fsp3) is 0.654. The molecule has 192 valence electrons. The van der Waals surface area contributed by atoms with Gasteiger partial charge in [0.05, 0.1) is 19.3 Å². The van der Waals surface area contributed by atoms with Gasteiger partial charge in [0.1, 0.15) is 5.52 Å². The summed E-state index contributed by atoms with van der Waals surface area (Å²) in [6.07, 6.45) is 4.65. The van der Waals surface area contributed by atoms with Crippen LogP contribution in [-0.2, 0) is 14.3 Å². The number of hydrogen-bond acceptors (Lipinski definition) is 7. The van der Waals surface area contributed by atoms with Crippen LogP contribution in [0.2, 0.25) is 0 Å². The molecule has 0 bridgehead atoms. The van der Waals surface area contributed by atoms with Gasteiger partial charge in [0.2, 0.25) is 5.89 Å². The first-order chi connectivity index (χ1) is 17.0. The molecule has 1 aromatic carbocycles. The van der Waals surface area contributed by atoms with Crippen LogP contribution >= 0.6 is 0 Å². The number of rotatable bonds is 9. The molecule has 2 amide bonds. The molecule has 35 heavy (non-hydrogen) atoms. The van der Waals surface area contributed by atoms with Crippen molar-refractivity contribution in [1.82, 2.24) is 15.2 Å². The maximum absolute atomic E-state index is 13.3. The van der Waals surface area contributed by atoms with E-state index in [1.54, 1.807) is 17.0 Å². The molecule has 1 aliphatic heterocycles. The summed E-state index contributed by atoms with van der Waals surface area (Å²) in [6, 6.07) is 6.61. The second-order valence-electron chi connectivity index (χ2n) is 9.58. The van der Waals surface area contributed by atoms with E-state index in [9.17, 15) is 14.7 Å². The lowest BCUT2D eigenvalue weighted by Crippen LogP contribution is -2.49. The quantitative estimate of drug-likeness (QED) is 0.550. The summed E-state index contributed by atoms with van der Waals surface area (Å²) in [7, 11) is 0. The first-order valence-electron chi connectivity index (χ1n) is 12.9. The molecule has 1 aromatic heterocycles. The van der Waals surface area contributed by atoms with Crippen molar-refractivity contribution in [3.05, 3.63) is 30.2 Å². The fourth-order valence-electron chi connectivity index (χ4n) is 5.04. The third-order valence-corrected chi connectivity index (χ3v) is 6.97. The zero-order chi connectivity index (χ0) is 24.6. The largest absolute Gasteiger partial charge is 0.438 e. The predicted octanol–water partition coefficient (Wildman–Crippen LogP) is 3.95. The number of fused-ring (bicyclic) bond motifs is 1. The molecule has 1 saturated carbocycles. The first kappa shape index (κ1) is 25.4. The van der Waals surface area contributed by atoms with Crippen LogP contribution in [-0.4, -0.2) is 65.4 Å². The molecule has 0 spiro atoms. The number of carbonyl (C=O) groups excluding carboxylic acids is 2. The van der Waals surface area contributed by atoms with E-state index in [-0.39, 0.29) is 11.8 Å². The van der Waals surface area contributed by atoms with Gasteiger partial charge >= 0.3 is 6.09 Å². The third-order valence-electron chi connectivity index (χ3n) is 6.97. The Labute approximate surface area is 206 Å². The van der Waals surface area contributed by atoms with Crippen LogP contribution in [0.3, 0.4) is 0 Å². The van der Waals surface area contributed by atoms with Gasteiger partial charge in [-0.1, -0.05) is 57.6 Å². The number of morpholine rings is 1. The highest BCUT2D eigenvalue weighted by Gasteiger charge is 2.34. The van der Waals surface area contributed by atoms with Gasteiger partial charge in [-0.2, -0.15) is 0 Å². The summed E-state index contributed by atoms with van der Waals surface area (Å²) in [5.41, 5.74) is 1.21. The zero-order valence-electron chi connectivity index (χ0n) is 20.5. The van der Waals surface area contributed by atoms with Gasteiger partial charge in [0.25, 0.3) is 5.91 Å². The molecule has 2 N–H and O–H groups in total. The standard InChI is InChI=1S/C26H37N3O6/c1-2-8-20(23(30)24-27-19-11-6-7-12-21(19)34-24)28-26(32)35-22(17-18-9-4-3-5-10-18)25(31)29-13-15-33-16-14-29/h6-7,11-12,18,20,22-23,30H,2-5,8-10,13-17H2,1H3,(H,28,32)/t20-,22-,23?/m0/s1. The van der Waals surface area contributed by atoms with E-state index in [1.165, 1.54) is 6.42 Å². The maximum Gasteiger partial charge on any atom is 0.408 e. The number of carbonyl (C=O) groups is 2. The van der Waals surface area contributed by atoms with Crippen LogP contribution in [0.5, 0.6) is 0 Å². The zero-order valence-corrected chi connectivity index (χ0v) is 20.5. The second-order valence-corrected chi connectivity index (χ2v) is 9.58. The van der Waals surface area contributed by atoms with Gasteiger partial charge in [0.15, 0.2) is 17.8 Å². The molecule has 2 fully saturated rings. The number of aromatic nitrogens is 1. The lowest BCUT2D eigenvalue weighted by Gasteiger charge is -2.32. The van der Waals surface area contributed by atoms with Gasteiger partial charge in [-0.25, -0.2) is 9.78 Å². The van der Waals surface area contributed by atoms with Crippen molar-refractivity contribution in [2.45, 2.75) is 76.5 Å². The molecule has 1 unspecified atom stereocenters. The molecule has 9 heteroatoms.